The minimum Gasteiger partial charge on any atom is -0.306 e. The third-order valence-electron chi connectivity index (χ3n) is 3.73. The van der Waals surface area contributed by atoms with Crippen LogP contribution in [0.5, 0.6) is 0 Å². The second-order valence-corrected chi connectivity index (χ2v) is 5.00. The highest BCUT2D eigenvalue weighted by molar-refractivity contribution is 5.75. The predicted molar refractivity (Wildman–Crippen MR) is 68.3 cm³/mol. The maximum absolute atomic E-state index is 13.1. The zero-order valence-electron chi connectivity index (χ0n) is 10.3. The Labute approximate surface area is 104 Å². The Kier molecular flexibility index (Phi) is 2.70. The fourth-order valence-corrected chi connectivity index (χ4v) is 2.72. The topological polar surface area (TPSA) is 41.0 Å². The van der Waals surface area contributed by atoms with Gasteiger partial charge in [-0.05, 0) is 51.2 Å². The lowest BCUT2D eigenvalue weighted by Crippen LogP contribution is -2.34. The summed E-state index contributed by atoms with van der Waals surface area (Å²) in [6.07, 6.45) is 1.92. The molecule has 0 atom stereocenters. The number of piperidine rings is 1. The van der Waals surface area contributed by atoms with Crippen LogP contribution in [0.4, 0.5) is 4.39 Å². The summed E-state index contributed by atoms with van der Waals surface area (Å²) in [6.45, 7) is 1.98. The van der Waals surface area contributed by atoms with Crippen LogP contribution >= 0.6 is 0 Å². The SMILES string of the molecule is CN1CCC(n2c(=O)[nH]c3cc(F)ccc32)CC1. The van der Waals surface area contributed by atoms with Gasteiger partial charge in [-0.15, -0.1) is 0 Å². The first-order valence-corrected chi connectivity index (χ1v) is 6.23. The number of halogens is 1. The number of nitrogens with zero attached hydrogens (tertiary/aromatic N) is 2. The van der Waals surface area contributed by atoms with Crippen LogP contribution in [0.1, 0.15) is 18.9 Å². The normalized spacial score (nSPS) is 18.6. The first-order valence-electron chi connectivity index (χ1n) is 6.23. The van der Waals surface area contributed by atoms with E-state index >= 15 is 0 Å². The van der Waals surface area contributed by atoms with Crippen molar-refractivity contribution in [3.8, 4) is 0 Å². The molecular formula is C13H16FN3O. The fraction of sp³-hybridized carbons (Fsp3) is 0.462. The molecule has 1 fully saturated rings. The van der Waals surface area contributed by atoms with E-state index in [0.717, 1.165) is 31.4 Å². The smallest absolute Gasteiger partial charge is 0.306 e. The number of fused-ring (bicyclic) bond motifs is 1. The summed E-state index contributed by atoms with van der Waals surface area (Å²) in [5.41, 5.74) is 1.25. The minimum absolute atomic E-state index is 0.134. The van der Waals surface area contributed by atoms with E-state index in [1.54, 1.807) is 10.6 Å². The molecule has 0 bridgehead atoms. The van der Waals surface area contributed by atoms with E-state index in [4.69, 9.17) is 0 Å². The van der Waals surface area contributed by atoms with Crippen molar-refractivity contribution in [2.45, 2.75) is 18.9 Å². The van der Waals surface area contributed by atoms with Crippen molar-refractivity contribution in [2.75, 3.05) is 20.1 Å². The second-order valence-electron chi connectivity index (χ2n) is 5.00. The number of imidazole rings is 1. The van der Waals surface area contributed by atoms with Crippen LogP contribution in [-0.2, 0) is 0 Å². The highest BCUT2D eigenvalue weighted by Gasteiger charge is 2.21. The molecule has 1 N–H and O–H groups in total. The minimum atomic E-state index is -0.320. The number of H-pyrrole nitrogens is 1. The Morgan fingerprint density at radius 1 is 1.33 bits per heavy atom. The first-order chi connectivity index (χ1) is 8.65. The summed E-state index contributed by atoms with van der Waals surface area (Å²) < 4.78 is 14.9. The van der Waals surface area contributed by atoms with Gasteiger partial charge in [-0.25, -0.2) is 9.18 Å². The summed E-state index contributed by atoms with van der Waals surface area (Å²) in [6, 6.07) is 4.68. The van der Waals surface area contributed by atoms with Crippen LogP contribution in [0.2, 0.25) is 0 Å². The van der Waals surface area contributed by atoms with E-state index in [2.05, 4.69) is 16.9 Å². The maximum Gasteiger partial charge on any atom is 0.326 e. The molecule has 0 saturated carbocycles. The molecule has 0 amide bonds. The van der Waals surface area contributed by atoms with Crippen LogP contribution in [-0.4, -0.2) is 34.6 Å². The molecule has 1 aliphatic heterocycles. The van der Waals surface area contributed by atoms with Gasteiger partial charge in [-0.2, -0.15) is 0 Å². The summed E-state index contributed by atoms with van der Waals surface area (Å²) >= 11 is 0. The van der Waals surface area contributed by atoms with Crippen LogP contribution in [0.25, 0.3) is 11.0 Å². The van der Waals surface area contributed by atoms with Gasteiger partial charge in [0.15, 0.2) is 0 Å². The molecule has 96 valence electrons. The quantitative estimate of drug-likeness (QED) is 0.836. The third-order valence-corrected chi connectivity index (χ3v) is 3.73. The molecular weight excluding hydrogens is 233 g/mol. The average molecular weight is 249 g/mol. The van der Waals surface area contributed by atoms with Crippen molar-refractivity contribution in [1.82, 2.24) is 14.5 Å². The van der Waals surface area contributed by atoms with Crippen LogP contribution < -0.4 is 5.69 Å². The second kappa shape index (κ2) is 4.24. The Bertz CT molecular complexity index is 623. The number of hydrogen-bond donors (Lipinski definition) is 1. The van der Waals surface area contributed by atoms with Crippen molar-refractivity contribution in [1.29, 1.82) is 0 Å². The maximum atomic E-state index is 13.1. The summed E-state index contributed by atoms with van der Waals surface area (Å²) in [4.78, 5) is 17.0. The fourth-order valence-electron chi connectivity index (χ4n) is 2.72. The van der Waals surface area contributed by atoms with Gasteiger partial charge < -0.3 is 9.88 Å². The van der Waals surface area contributed by atoms with Gasteiger partial charge in [0, 0.05) is 6.04 Å². The predicted octanol–water partition coefficient (Wildman–Crippen LogP) is 1.74. The number of hydrogen-bond acceptors (Lipinski definition) is 2. The lowest BCUT2D eigenvalue weighted by molar-refractivity contribution is 0.221. The number of nitrogens with one attached hydrogen (secondary N) is 1. The van der Waals surface area contributed by atoms with Gasteiger partial charge in [0.25, 0.3) is 0 Å². The largest absolute Gasteiger partial charge is 0.326 e. The van der Waals surface area contributed by atoms with E-state index in [0.29, 0.717) is 5.52 Å². The van der Waals surface area contributed by atoms with Gasteiger partial charge in [-0.1, -0.05) is 0 Å². The molecule has 1 aromatic heterocycles. The number of rotatable bonds is 1. The van der Waals surface area contributed by atoms with E-state index in [-0.39, 0.29) is 17.5 Å². The Balaban J connectivity index is 2.06. The van der Waals surface area contributed by atoms with Gasteiger partial charge in [0.1, 0.15) is 5.82 Å². The summed E-state index contributed by atoms with van der Waals surface area (Å²) in [5.74, 6) is -0.320. The number of aromatic amines is 1. The van der Waals surface area contributed by atoms with Crippen LogP contribution in [0.15, 0.2) is 23.0 Å². The Morgan fingerprint density at radius 2 is 2.06 bits per heavy atom. The van der Waals surface area contributed by atoms with Crippen molar-refractivity contribution < 1.29 is 4.39 Å². The van der Waals surface area contributed by atoms with Crippen molar-refractivity contribution >= 4 is 11.0 Å². The summed E-state index contributed by atoms with van der Waals surface area (Å²) in [5, 5.41) is 0. The molecule has 1 aliphatic rings. The van der Waals surface area contributed by atoms with Crippen LogP contribution in [0, 0.1) is 5.82 Å². The molecule has 0 radical (unpaired) electrons. The van der Waals surface area contributed by atoms with Gasteiger partial charge >= 0.3 is 5.69 Å². The van der Waals surface area contributed by atoms with Gasteiger partial charge in [0.2, 0.25) is 0 Å². The molecule has 0 unspecified atom stereocenters. The van der Waals surface area contributed by atoms with E-state index < -0.39 is 0 Å². The zero-order valence-corrected chi connectivity index (χ0v) is 10.3. The molecule has 5 heteroatoms. The summed E-state index contributed by atoms with van der Waals surface area (Å²) in [7, 11) is 2.09. The molecule has 0 aliphatic carbocycles. The Hall–Kier alpha value is -1.62. The molecule has 18 heavy (non-hydrogen) atoms. The van der Waals surface area contributed by atoms with E-state index in [1.807, 2.05) is 0 Å². The monoisotopic (exact) mass is 249 g/mol. The van der Waals surface area contributed by atoms with Crippen molar-refractivity contribution in [3.05, 3.63) is 34.5 Å². The molecule has 2 aromatic rings. The number of aromatic nitrogens is 2. The van der Waals surface area contributed by atoms with E-state index in [1.165, 1.54) is 12.1 Å². The van der Waals surface area contributed by atoms with Gasteiger partial charge in [0.05, 0.1) is 11.0 Å². The van der Waals surface area contributed by atoms with E-state index in [9.17, 15) is 9.18 Å². The molecule has 4 nitrogen and oxygen atoms in total. The molecule has 1 saturated heterocycles. The van der Waals surface area contributed by atoms with Crippen LogP contribution in [0.3, 0.4) is 0 Å². The zero-order chi connectivity index (χ0) is 12.7. The number of benzene rings is 1. The molecule has 2 heterocycles. The van der Waals surface area contributed by atoms with Gasteiger partial charge in [-0.3, -0.25) is 4.57 Å². The molecule has 3 rings (SSSR count). The first kappa shape index (κ1) is 11.5. The Morgan fingerprint density at radius 3 is 2.78 bits per heavy atom. The molecule has 1 aromatic carbocycles. The highest BCUT2D eigenvalue weighted by atomic mass is 19.1. The third kappa shape index (κ3) is 1.84. The lowest BCUT2D eigenvalue weighted by Gasteiger charge is -2.29. The van der Waals surface area contributed by atoms with Crippen molar-refractivity contribution in [2.24, 2.45) is 0 Å². The standard InChI is InChI=1S/C13H16FN3O/c1-16-6-4-10(5-7-16)17-12-3-2-9(14)8-11(12)15-13(17)18/h2-3,8,10H,4-7H2,1H3,(H,15,18). The lowest BCUT2D eigenvalue weighted by atomic mass is 10.1. The molecule has 0 spiro atoms. The number of likely N-dealkylation sites (tertiary alicyclic amines) is 1. The van der Waals surface area contributed by atoms with Crippen molar-refractivity contribution in [3.63, 3.8) is 0 Å². The average Bonchev–Trinajstić information content (AvgIpc) is 2.65. The highest BCUT2D eigenvalue weighted by Crippen LogP contribution is 2.24.